The van der Waals surface area contributed by atoms with Gasteiger partial charge in [0, 0.05) is 27.6 Å². The number of benzene rings is 3. The highest BCUT2D eigenvalue weighted by atomic mass is 35.5. The van der Waals surface area contributed by atoms with Gasteiger partial charge < -0.3 is 10.4 Å². The van der Waals surface area contributed by atoms with Gasteiger partial charge in [-0.15, -0.1) is 0 Å². The maximum atomic E-state index is 13.7. The summed E-state index contributed by atoms with van der Waals surface area (Å²) in [5.74, 6) is -0.599. The van der Waals surface area contributed by atoms with Crippen LogP contribution in [0.4, 0.5) is 10.1 Å². The van der Waals surface area contributed by atoms with E-state index in [0.717, 1.165) is 5.56 Å². The van der Waals surface area contributed by atoms with Crippen LogP contribution in [-0.2, 0) is 11.2 Å². The minimum atomic E-state index is -0.834. The lowest BCUT2D eigenvalue weighted by atomic mass is 9.98. The molecule has 0 saturated carbocycles. The van der Waals surface area contributed by atoms with Crippen LogP contribution in [0.25, 0.3) is 0 Å². The Morgan fingerprint density at radius 3 is 2.67 bits per heavy atom. The first-order valence-corrected chi connectivity index (χ1v) is 10.00. The number of hydrogen-bond acceptors (Lipinski definition) is 3. The normalized spacial score (nSPS) is 15.8. The van der Waals surface area contributed by atoms with Crippen LogP contribution in [0.2, 0.25) is 10.0 Å². The maximum absolute atomic E-state index is 13.7. The van der Waals surface area contributed by atoms with Gasteiger partial charge in [0.2, 0.25) is 5.91 Å². The molecule has 1 amide bonds. The molecule has 0 spiro atoms. The Morgan fingerprint density at radius 1 is 1.10 bits per heavy atom. The molecule has 2 N–H and O–H groups in total. The van der Waals surface area contributed by atoms with Gasteiger partial charge >= 0.3 is 0 Å². The molecular weight excluding hydrogens is 426 g/mol. The molecule has 3 aromatic carbocycles. The Balaban J connectivity index is 1.86. The van der Waals surface area contributed by atoms with Crippen molar-refractivity contribution in [3.63, 3.8) is 0 Å². The summed E-state index contributed by atoms with van der Waals surface area (Å²) in [5, 5.41) is 13.7. The first kappa shape index (κ1) is 20.4. The van der Waals surface area contributed by atoms with Crippen LogP contribution in [0.5, 0.6) is 5.75 Å². The number of hydrogen-bond donors (Lipinski definition) is 2. The van der Waals surface area contributed by atoms with Crippen molar-refractivity contribution in [2.75, 3.05) is 5.32 Å². The summed E-state index contributed by atoms with van der Waals surface area (Å²) in [4.78, 5) is 17.7. The number of carbonyl (C=O) groups is 1. The molecule has 0 saturated heterocycles. The SMILES string of the molecule is Cc1cc(C2=NC(Cc3cc(F)ccc3Cl)C(=O)Nc3ccc(Cl)cc32)ccc1O. The van der Waals surface area contributed by atoms with Gasteiger partial charge in [-0.2, -0.15) is 0 Å². The van der Waals surface area contributed by atoms with Gasteiger partial charge in [0.05, 0.1) is 11.4 Å². The van der Waals surface area contributed by atoms with E-state index in [1.807, 2.05) is 0 Å². The van der Waals surface area contributed by atoms with Gasteiger partial charge in [0.1, 0.15) is 17.6 Å². The van der Waals surface area contributed by atoms with Crippen LogP contribution < -0.4 is 5.32 Å². The number of nitrogens with zero attached hydrogens (tertiary/aromatic N) is 1. The van der Waals surface area contributed by atoms with Crippen molar-refractivity contribution in [1.29, 1.82) is 0 Å². The summed E-state index contributed by atoms with van der Waals surface area (Å²) < 4.78 is 13.7. The maximum Gasteiger partial charge on any atom is 0.249 e. The lowest BCUT2D eigenvalue weighted by molar-refractivity contribution is -0.117. The highest BCUT2D eigenvalue weighted by molar-refractivity contribution is 6.32. The van der Waals surface area contributed by atoms with Crippen LogP contribution >= 0.6 is 23.2 Å². The zero-order valence-corrected chi connectivity index (χ0v) is 17.4. The van der Waals surface area contributed by atoms with Gasteiger partial charge in [0.25, 0.3) is 0 Å². The van der Waals surface area contributed by atoms with Gasteiger partial charge in [-0.3, -0.25) is 9.79 Å². The lowest BCUT2D eigenvalue weighted by Gasteiger charge is -2.13. The lowest BCUT2D eigenvalue weighted by Crippen LogP contribution is -2.27. The number of aromatic hydroxyl groups is 1. The number of aliphatic imine (C=N–C) groups is 1. The number of nitrogens with one attached hydrogen (secondary N) is 1. The first-order valence-electron chi connectivity index (χ1n) is 9.24. The monoisotopic (exact) mass is 442 g/mol. The van der Waals surface area contributed by atoms with Crippen LogP contribution in [0.3, 0.4) is 0 Å². The molecular formula is C23H17Cl2FN2O2. The number of aryl methyl sites for hydroxylation is 1. The van der Waals surface area contributed by atoms with Crippen molar-refractivity contribution in [2.24, 2.45) is 4.99 Å². The average molecular weight is 443 g/mol. The summed E-state index contributed by atoms with van der Waals surface area (Å²) in [6.07, 6.45) is 0.130. The summed E-state index contributed by atoms with van der Waals surface area (Å²) >= 11 is 12.4. The number of phenols is 1. The van der Waals surface area contributed by atoms with Gasteiger partial charge in [-0.1, -0.05) is 23.2 Å². The molecule has 0 bridgehead atoms. The molecule has 3 aromatic rings. The molecule has 0 aliphatic carbocycles. The van der Waals surface area contributed by atoms with E-state index in [1.54, 1.807) is 43.3 Å². The van der Waals surface area contributed by atoms with Gasteiger partial charge in [-0.25, -0.2) is 4.39 Å². The quantitative estimate of drug-likeness (QED) is 0.558. The smallest absolute Gasteiger partial charge is 0.249 e. The number of rotatable bonds is 3. The third kappa shape index (κ3) is 4.04. The number of amides is 1. The average Bonchev–Trinajstić information content (AvgIpc) is 2.83. The third-order valence-corrected chi connectivity index (χ3v) is 5.58. The fraction of sp³-hybridized carbons (Fsp3) is 0.130. The molecule has 1 aliphatic heterocycles. The van der Waals surface area contributed by atoms with Crippen molar-refractivity contribution in [3.8, 4) is 5.75 Å². The minimum absolute atomic E-state index is 0.130. The molecule has 1 aliphatic rings. The second-order valence-corrected chi connectivity index (χ2v) is 7.96. The van der Waals surface area contributed by atoms with E-state index in [-0.39, 0.29) is 18.1 Å². The van der Waals surface area contributed by atoms with Crippen molar-refractivity contribution in [2.45, 2.75) is 19.4 Å². The van der Waals surface area contributed by atoms with Crippen LogP contribution in [0.15, 0.2) is 59.6 Å². The third-order valence-electron chi connectivity index (χ3n) is 4.97. The van der Waals surface area contributed by atoms with Gasteiger partial charge in [0.15, 0.2) is 0 Å². The Labute approximate surface area is 183 Å². The van der Waals surface area contributed by atoms with E-state index in [1.165, 1.54) is 18.2 Å². The highest BCUT2D eigenvalue weighted by Gasteiger charge is 2.27. The zero-order valence-electron chi connectivity index (χ0n) is 15.9. The summed E-state index contributed by atoms with van der Waals surface area (Å²) in [6.45, 7) is 1.78. The fourth-order valence-electron chi connectivity index (χ4n) is 3.40. The van der Waals surface area contributed by atoms with Crippen molar-refractivity contribution < 1.29 is 14.3 Å². The molecule has 1 heterocycles. The van der Waals surface area contributed by atoms with E-state index in [4.69, 9.17) is 28.2 Å². The van der Waals surface area contributed by atoms with E-state index < -0.39 is 11.9 Å². The second-order valence-electron chi connectivity index (χ2n) is 7.11. The molecule has 4 nitrogen and oxygen atoms in total. The number of benzodiazepines with no additional fused rings is 1. The molecule has 0 fully saturated rings. The van der Waals surface area contributed by atoms with Crippen molar-refractivity contribution in [3.05, 3.63) is 92.7 Å². The Bertz CT molecular complexity index is 1190. The van der Waals surface area contributed by atoms with E-state index in [2.05, 4.69) is 5.32 Å². The summed E-state index contributed by atoms with van der Waals surface area (Å²) in [6, 6.07) is 13.4. The fourth-order valence-corrected chi connectivity index (χ4v) is 3.77. The number of anilines is 1. The number of phenolic OH excluding ortho intramolecular Hbond substituents is 1. The highest BCUT2D eigenvalue weighted by Crippen LogP contribution is 2.30. The molecule has 152 valence electrons. The number of fused-ring (bicyclic) bond motifs is 1. The molecule has 30 heavy (non-hydrogen) atoms. The standard InChI is InChI=1S/C23H17Cl2FN2O2/c1-12-8-13(2-7-21(12)29)22-17-11-15(24)3-6-19(17)28-23(30)20(27-22)10-14-9-16(26)4-5-18(14)25/h2-9,11,20,29H,10H2,1H3,(H,28,30). The van der Waals surface area contributed by atoms with E-state index in [9.17, 15) is 14.3 Å². The van der Waals surface area contributed by atoms with Crippen molar-refractivity contribution >= 4 is 40.5 Å². The van der Waals surface area contributed by atoms with E-state index in [0.29, 0.717) is 38.1 Å². The first-order chi connectivity index (χ1) is 14.3. The molecule has 1 atom stereocenters. The van der Waals surface area contributed by atoms with Crippen LogP contribution in [0, 0.1) is 12.7 Å². The molecule has 0 aromatic heterocycles. The number of halogens is 3. The summed E-state index contributed by atoms with van der Waals surface area (Å²) in [5.41, 5.74) is 3.67. The van der Waals surface area contributed by atoms with Crippen LogP contribution in [-0.4, -0.2) is 22.8 Å². The summed E-state index contributed by atoms with van der Waals surface area (Å²) in [7, 11) is 0. The Kier molecular flexibility index (Phi) is 5.50. The Morgan fingerprint density at radius 2 is 1.90 bits per heavy atom. The molecule has 4 rings (SSSR count). The van der Waals surface area contributed by atoms with Gasteiger partial charge in [-0.05, 0) is 72.6 Å². The minimum Gasteiger partial charge on any atom is -0.508 e. The topological polar surface area (TPSA) is 61.7 Å². The zero-order chi connectivity index (χ0) is 21.4. The van der Waals surface area contributed by atoms with Crippen LogP contribution in [0.1, 0.15) is 22.3 Å². The molecule has 1 unspecified atom stereocenters. The predicted octanol–water partition coefficient (Wildman–Crippen LogP) is 5.55. The second kappa shape index (κ2) is 8.09. The van der Waals surface area contributed by atoms with E-state index >= 15 is 0 Å². The largest absolute Gasteiger partial charge is 0.508 e. The molecule has 7 heteroatoms. The predicted molar refractivity (Wildman–Crippen MR) is 117 cm³/mol. The molecule has 0 radical (unpaired) electrons. The van der Waals surface area contributed by atoms with Crippen molar-refractivity contribution in [1.82, 2.24) is 0 Å². The Hall–Kier alpha value is -2.89. The number of carbonyl (C=O) groups excluding carboxylic acids is 1.